The van der Waals surface area contributed by atoms with Gasteiger partial charge in [0.05, 0.1) is 16.9 Å². The Morgan fingerprint density at radius 2 is 1.81 bits per heavy atom. The maximum atomic E-state index is 13.2. The van der Waals surface area contributed by atoms with E-state index >= 15 is 0 Å². The van der Waals surface area contributed by atoms with Crippen LogP contribution in [-0.4, -0.2) is 17.0 Å². The van der Waals surface area contributed by atoms with Crippen LogP contribution in [0.1, 0.15) is 26.3 Å². The van der Waals surface area contributed by atoms with E-state index < -0.39 is 17.7 Å². The molecule has 5 nitrogen and oxygen atoms in total. The minimum atomic E-state index is -1.10. The number of aryl methyl sites for hydroxylation is 1. The second kappa shape index (κ2) is 5.62. The number of amides is 1. The zero-order chi connectivity index (χ0) is 15.6. The average Bonchev–Trinajstić information content (AvgIpc) is 2.43. The Hall–Kier alpha value is -2.89. The van der Waals surface area contributed by atoms with Crippen LogP contribution in [0.25, 0.3) is 0 Å². The van der Waals surface area contributed by atoms with E-state index in [4.69, 9.17) is 10.8 Å². The second-order valence-electron chi connectivity index (χ2n) is 4.53. The molecule has 0 saturated carbocycles. The maximum absolute atomic E-state index is 13.2. The Morgan fingerprint density at radius 3 is 2.38 bits per heavy atom. The van der Waals surface area contributed by atoms with E-state index in [1.165, 1.54) is 36.4 Å². The van der Waals surface area contributed by atoms with Crippen molar-refractivity contribution in [1.29, 1.82) is 0 Å². The van der Waals surface area contributed by atoms with Crippen LogP contribution in [0.4, 0.5) is 15.8 Å². The van der Waals surface area contributed by atoms with Crippen LogP contribution in [0.3, 0.4) is 0 Å². The minimum Gasteiger partial charge on any atom is -0.478 e. The highest BCUT2D eigenvalue weighted by Gasteiger charge is 2.11. The predicted octanol–water partition coefficient (Wildman–Crippen LogP) is 2.67. The molecular formula is C15H13FN2O3. The molecule has 0 unspecified atom stereocenters. The number of carboxylic acid groups (broad SMARTS) is 1. The molecule has 0 aliphatic rings. The van der Waals surface area contributed by atoms with Crippen molar-refractivity contribution in [2.45, 2.75) is 6.92 Å². The zero-order valence-corrected chi connectivity index (χ0v) is 11.2. The molecule has 0 bridgehead atoms. The highest BCUT2D eigenvalue weighted by Crippen LogP contribution is 2.21. The van der Waals surface area contributed by atoms with Crippen molar-refractivity contribution in [3.8, 4) is 0 Å². The van der Waals surface area contributed by atoms with Crippen LogP contribution >= 0.6 is 0 Å². The molecule has 6 heteroatoms. The van der Waals surface area contributed by atoms with E-state index in [-0.39, 0.29) is 16.8 Å². The smallest absolute Gasteiger partial charge is 0.335 e. The third-order valence-electron chi connectivity index (χ3n) is 2.97. The Bertz CT molecular complexity index is 729. The number of aromatic carboxylic acids is 1. The molecule has 0 spiro atoms. The van der Waals surface area contributed by atoms with Gasteiger partial charge in [0.1, 0.15) is 5.82 Å². The number of nitrogens with two attached hydrogens (primary N) is 1. The number of hydrogen-bond donors (Lipinski definition) is 3. The molecule has 0 heterocycles. The molecule has 1 amide bonds. The van der Waals surface area contributed by atoms with E-state index in [0.29, 0.717) is 11.3 Å². The zero-order valence-electron chi connectivity index (χ0n) is 11.2. The molecule has 0 aromatic heterocycles. The lowest BCUT2D eigenvalue weighted by molar-refractivity contribution is 0.0697. The Labute approximate surface area is 120 Å². The van der Waals surface area contributed by atoms with Gasteiger partial charge >= 0.3 is 5.97 Å². The Balaban J connectivity index is 2.23. The first-order valence-corrected chi connectivity index (χ1v) is 6.09. The van der Waals surface area contributed by atoms with Crippen molar-refractivity contribution >= 4 is 23.3 Å². The van der Waals surface area contributed by atoms with Gasteiger partial charge in [0.25, 0.3) is 5.91 Å². The summed E-state index contributed by atoms with van der Waals surface area (Å²) in [5.41, 5.74) is 6.82. The van der Waals surface area contributed by atoms with Gasteiger partial charge in [-0.05, 0) is 48.9 Å². The SMILES string of the molecule is Cc1cc(C(=O)Nc2ccc(C(=O)O)cc2N)ccc1F. The van der Waals surface area contributed by atoms with Crippen LogP contribution < -0.4 is 11.1 Å². The first-order valence-electron chi connectivity index (χ1n) is 6.09. The molecule has 4 N–H and O–H groups in total. The molecule has 0 radical (unpaired) electrons. The number of nitrogen functional groups attached to an aromatic ring is 1. The number of carbonyl (C=O) groups excluding carboxylic acids is 1. The quantitative estimate of drug-likeness (QED) is 0.757. The molecule has 0 aliphatic heterocycles. The van der Waals surface area contributed by atoms with Crippen molar-refractivity contribution in [1.82, 2.24) is 0 Å². The van der Waals surface area contributed by atoms with Crippen LogP contribution in [0.5, 0.6) is 0 Å². The standard InChI is InChI=1S/C15H13FN2O3/c1-8-6-9(2-4-11(8)16)14(19)18-13-5-3-10(15(20)21)7-12(13)17/h2-7H,17H2,1H3,(H,18,19)(H,20,21). The van der Waals surface area contributed by atoms with E-state index in [1.807, 2.05) is 0 Å². The number of hydrogen-bond acceptors (Lipinski definition) is 3. The van der Waals surface area contributed by atoms with Gasteiger partial charge in [-0.3, -0.25) is 4.79 Å². The number of halogens is 1. The summed E-state index contributed by atoms with van der Waals surface area (Å²) in [6.07, 6.45) is 0. The summed E-state index contributed by atoms with van der Waals surface area (Å²) in [6, 6.07) is 8.00. The lowest BCUT2D eigenvalue weighted by atomic mass is 10.1. The second-order valence-corrected chi connectivity index (χ2v) is 4.53. The lowest BCUT2D eigenvalue weighted by Gasteiger charge is -2.09. The van der Waals surface area contributed by atoms with E-state index in [0.717, 1.165) is 0 Å². The van der Waals surface area contributed by atoms with Crippen molar-refractivity contribution < 1.29 is 19.1 Å². The molecule has 108 valence electrons. The van der Waals surface area contributed by atoms with Gasteiger partial charge in [-0.25, -0.2) is 9.18 Å². The highest BCUT2D eigenvalue weighted by molar-refractivity contribution is 6.06. The molecule has 0 aliphatic carbocycles. The number of anilines is 2. The van der Waals surface area contributed by atoms with Gasteiger partial charge in [0.2, 0.25) is 0 Å². The summed E-state index contributed by atoms with van der Waals surface area (Å²) in [7, 11) is 0. The monoisotopic (exact) mass is 288 g/mol. The predicted molar refractivity (Wildman–Crippen MR) is 76.9 cm³/mol. The third-order valence-corrected chi connectivity index (χ3v) is 2.97. The van der Waals surface area contributed by atoms with Gasteiger partial charge in [-0.1, -0.05) is 0 Å². The Kier molecular flexibility index (Phi) is 3.89. The minimum absolute atomic E-state index is 0.0307. The molecule has 0 fully saturated rings. The van der Waals surface area contributed by atoms with E-state index in [9.17, 15) is 14.0 Å². The van der Waals surface area contributed by atoms with Crippen LogP contribution in [-0.2, 0) is 0 Å². The first-order chi connectivity index (χ1) is 9.88. The number of carboxylic acids is 1. The molecule has 21 heavy (non-hydrogen) atoms. The number of nitrogens with one attached hydrogen (secondary N) is 1. The number of rotatable bonds is 3. The van der Waals surface area contributed by atoms with E-state index in [2.05, 4.69) is 5.32 Å². The normalized spacial score (nSPS) is 10.2. The number of benzene rings is 2. The van der Waals surface area contributed by atoms with E-state index in [1.54, 1.807) is 6.92 Å². The largest absolute Gasteiger partial charge is 0.478 e. The van der Waals surface area contributed by atoms with Crippen molar-refractivity contribution in [2.75, 3.05) is 11.1 Å². The summed E-state index contributed by atoms with van der Waals surface area (Å²) < 4.78 is 13.2. The lowest BCUT2D eigenvalue weighted by Crippen LogP contribution is -2.14. The van der Waals surface area contributed by atoms with Gasteiger partial charge < -0.3 is 16.2 Å². The summed E-state index contributed by atoms with van der Waals surface area (Å²) in [5, 5.41) is 11.4. The van der Waals surface area contributed by atoms with Crippen LogP contribution in [0, 0.1) is 12.7 Å². The van der Waals surface area contributed by atoms with Gasteiger partial charge in [0, 0.05) is 5.56 Å². The summed E-state index contributed by atoms with van der Waals surface area (Å²) >= 11 is 0. The van der Waals surface area contributed by atoms with Gasteiger partial charge in [-0.2, -0.15) is 0 Å². The van der Waals surface area contributed by atoms with Crippen LogP contribution in [0.15, 0.2) is 36.4 Å². The third kappa shape index (κ3) is 3.17. The maximum Gasteiger partial charge on any atom is 0.335 e. The molecule has 2 aromatic rings. The summed E-state index contributed by atoms with van der Waals surface area (Å²) in [5.74, 6) is -1.95. The average molecular weight is 288 g/mol. The molecular weight excluding hydrogens is 275 g/mol. The van der Waals surface area contributed by atoms with Crippen molar-refractivity contribution in [3.05, 3.63) is 58.9 Å². The first kappa shape index (κ1) is 14.5. The van der Waals surface area contributed by atoms with Crippen molar-refractivity contribution in [2.24, 2.45) is 0 Å². The van der Waals surface area contributed by atoms with Crippen molar-refractivity contribution in [3.63, 3.8) is 0 Å². The van der Waals surface area contributed by atoms with Gasteiger partial charge in [0.15, 0.2) is 0 Å². The molecule has 2 rings (SSSR count). The fourth-order valence-corrected chi connectivity index (χ4v) is 1.79. The van der Waals surface area contributed by atoms with Crippen LogP contribution in [0.2, 0.25) is 0 Å². The topological polar surface area (TPSA) is 92.4 Å². The summed E-state index contributed by atoms with van der Waals surface area (Å²) in [6.45, 7) is 1.56. The fourth-order valence-electron chi connectivity index (χ4n) is 1.79. The van der Waals surface area contributed by atoms with Gasteiger partial charge in [-0.15, -0.1) is 0 Å². The molecule has 0 saturated heterocycles. The summed E-state index contributed by atoms with van der Waals surface area (Å²) in [4.78, 5) is 22.8. The highest BCUT2D eigenvalue weighted by atomic mass is 19.1. The molecule has 2 aromatic carbocycles. The fraction of sp³-hybridized carbons (Fsp3) is 0.0667. The number of carbonyl (C=O) groups is 2. The molecule has 0 atom stereocenters. The Morgan fingerprint density at radius 1 is 1.14 bits per heavy atom.